The Labute approximate surface area is 122 Å². The number of phenolic OH excluding ortho intramolecular Hbond substituents is 1. The Hall–Kier alpha value is -2.24. The predicted molar refractivity (Wildman–Crippen MR) is 76.5 cm³/mol. The van der Waals surface area contributed by atoms with E-state index in [9.17, 15) is 19.8 Å². The summed E-state index contributed by atoms with van der Waals surface area (Å²) >= 11 is 0. The Morgan fingerprint density at radius 1 is 1.29 bits per heavy atom. The average Bonchev–Trinajstić information content (AvgIpc) is 3.10. The smallest absolute Gasteiger partial charge is 0.412 e. The molecule has 6 heteroatoms. The second-order valence-electron chi connectivity index (χ2n) is 6.25. The van der Waals surface area contributed by atoms with Crippen LogP contribution in [0, 0.1) is 0 Å². The Kier molecular flexibility index (Phi) is 3.57. The lowest BCUT2D eigenvalue weighted by molar-refractivity contribution is -0.140. The maximum atomic E-state index is 11.7. The number of carboxylic acid groups (broad SMARTS) is 1. The summed E-state index contributed by atoms with van der Waals surface area (Å²) in [4.78, 5) is 23.0. The maximum absolute atomic E-state index is 11.7. The van der Waals surface area contributed by atoms with Crippen molar-refractivity contribution in [1.29, 1.82) is 0 Å². The number of hydrogen-bond donors (Lipinski definition) is 3. The summed E-state index contributed by atoms with van der Waals surface area (Å²) in [5, 5.41) is 21.7. The van der Waals surface area contributed by atoms with E-state index in [4.69, 9.17) is 4.74 Å². The molecule has 6 nitrogen and oxygen atoms in total. The summed E-state index contributed by atoms with van der Waals surface area (Å²) in [6.45, 7) is 5.25. The maximum Gasteiger partial charge on any atom is 0.412 e. The highest BCUT2D eigenvalue weighted by molar-refractivity contribution is 5.89. The third-order valence-electron chi connectivity index (χ3n) is 3.32. The summed E-state index contributed by atoms with van der Waals surface area (Å²) in [6.07, 6.45) is 0.330. The van der Waals surface area contributed by atoms with Gasteiger partial charge in [-0.3, -0.25) is 10.1 Å². The lowest BCUT2D eigenvalue weighted by Gasteiger charge is -2.20. The lowest BCUT2D eigenvalue weighted by Crippen LogP contribution is -2.27. The van der Waals surface area contributed by atoms with Gasteiger partial charge in [0.05, 0.1) is 5.41 Å². The molecule has 1 aliphatic carbocycles. The molecule has 1 saturated carbocycles. The fourth-order valence-corrected chi connectivity index (χ4v) is 2.14. The first-order chi connectivity index (χ1) is 9.64. The molecule has 0 saturated heterocycles. The first kappa shape index (κ1) is 15.2. The number of hydrogen-bond acceptors (Lipinski definition) is 4. The second-order valence-corrected chi connectivity index (χ2v) is 6.25. The molecule has 1 aliphatic rings. The third kappa shape index (κ3) is 3.26. The normalized spacial score (nSPS) is 16.1. The van der Waals surface area contributed by atoms with Crippen molar-refractivity contribution in [2.45, 2.75) is 44.6 Å². The number of carboxylic acids is 1. The summed E-state index contributed by atoms with van der Waals surface area (Å²) in [6, 6.07) is 4.37. The van der Waals surface area contributed by atoms with Gasteiger partial charge in [-0.15, -0.1) is 0 Å². The van der Waals surface area contributed by atoms with Crippen LogP contribution in [0.25, 0.3) is 0 Å². The second kappa shape index (κ2) is 4.95. The minimum atomic E-state index is -1.03. The summed E-state index contributed by atoms with van der Waals surface area (Å²) in [5.74, 6) is -1.04. The van der Waals surface area contributed by atoms with Crippen molar-refractivity contribution < 1.29 is 24.5 Å². The topological polar surface area (TPSA) is 95.9 Å². The van der Waals surface area contributed by atoms with Gasteiger partial charge in [-0.05, 0) is 51.8 Å². The highest BCUT2D eigenvalue weighted by atomic mass is 16.6. The quantitative estimate of drug-likeness (QED) is 0.745. The number of amides is 1. The Bertz CT molecular complexity index is 584. The van der Waals surface area contributed by atoms with Gasteiger partial charge in [0.15, 0.2) is 0 Å². The van der Waals surface area contributed by atoms with E-state index in [-0.39, 0.29) is 5.75 Å². The molecule has 0 heterocycles. The number of aromatic hydroxyl groups is 1. The van der Waals surface area contributed by atoms with E-state index in [2.05, 4.69) is 5.32 Å². The molecule has 1 aromatic carbocycles. The highest BCUT2D eigenvalue weighted by Gasteiger charge is 2.53. The SMILES string of the molecule is CC(C)(C)OC(=O)Nc1ccc(O)c(C2(C(=O)O)CC2)c1. The van der Waals surface area contributed by atoms with Crippen molar-refractivity contribution in [1.82, 2.24) is 0 Å². The van der Waals surface area contributed by atoms with Crippen LogP contribution in [-0.2, 0) is 14.9 Å². The average molecular weight is 293 g/mol. The van der Waals surface area contributed by atoms with Crippen molar-refractivity contribution in [2.75, 3.05) is 5.32 Å². The zero-order valence-electron chi connectivity index (χ0n) is 12.3. The van der Waals surface area contributed by atoms with Crippen molar-refractivity contribution in [3.05, 3.63) is 23.8 Å². The van der Waals surface area contributed by atoms with E-state index in [0.29, 0.717) is 24.1 Å². The molecule has 0 aliphatic heterocycles. The van der Waals surface area contributed by atoms with Crippen LogP contribution in [0.3, 0.4) is 0 Å². The summed E-state index contributed by atoms with van der Waals surface area (Å²) < 4.78 is 5.13. The Morgan fingerprint density at radius 2 is 1.90 bits per heavy atom. The Morgan fingerprint density at radius 3 is 2.38 bits per heavy atom. The van der Waals surface area contributed by atoms with Gasteiger partial charge < -0.3 is 14.9 Å². The first-order valence-corrected chi connectivity index (χ1v) is 6.71. The van der Waals surface area contributed by atoms with E-state index in [0.717, 1.165) is 0 Å². The van der Waals surface area contributed by atoms with Crippen LogP contribution in [0.15, 0.2) is 18.2 Å². The minimum Gasteiger partial charge on any atom is -0.508 e. The molecule has 0 aromatic heterocycles. The molecule has 0 radical (unpaired) electrons. The molecule has 21 heavy (non-hydrogen) atoms. The number of rotatable bonds is 3. The number of carbonyl (C=O) groups is 2. The van der Waals surface area contributed by atoms with Gasteiger partial charge in [-0.25, -0.2) is 4.79 Å². The molecule has 0 unspecified atom stereocenters. The van der Waals surface area contributed by atoms with Gasteiger partial charge in [-0.1, -0.05) is 0 Å². The predicted octanol–water partition coefficient (Wildman–Crippen LogP) is 2.86. The fourth-order valence-electron chi connectivity index (χ4n) is 2.14. The van der Waals surface area contributed by atoms with Crippen molar-refractivity contribution in [2.24, 2.45) is 0 Å². The highest BCUT2D eigenvalue weighted by Crippen LogP contribution is 2.51. The van der Waals surface area contributed by atoms with Gasteiger partial charge in [-0.2, -0.15) is 0 Å². The van der Waals surface area contributed by atoms with Crippen LogP contribution in [0.2, 0.25) is 0 Å². The van der Waals surface area contributed by atoms with Crippen LogP contribution in [0.5, 0.6) is 5.75 Å². The number of aliphatic carboxylic acids is 1. The number of ether oxygens (including phenoxy) is 1. The van der Waals surface area contributed by atoms with E-state index in [1.54, 1.807) is 20.8 Å². The zero-order chi connectivity index (χ0) is 15.8. The minimum absolute atomic E-state index is 0.0790. The van der Waals surface area contributed by atoms with Gasteiger partial charge in [0, 0.05) is 11.3 Å². The van der Waals surface area contributed by atoms with Crippen LogP contribution < -0.4 is 5.32 Å². The monoisotopic (exact) mass is 293 g/mol. The van der Waals surface area contributed by atoms with Crippen molar-refractivity contribution >= 4 is 17.7 Å². The molecule has 3 N–H and O–H groups in total. The number of benzene rings is 1. The van der Waals surface area contributed by atoms with Gasteiger partial charge in [0.25, 0.3) is 0 Å². The van der Waals surface area contributed by atoms with Gasteiger partial charge in [0.1, 0.15) is 11.4 Å². The zero-order valence-corrected chi connectivity index (χ0v) is 12.3. The van der Waals surface area contributed by atoms with E-state index >= 15 is 0 Å². The van der Waals surface area contributed by atoms with Gasteiger partial charge >= 0.3 is 12.1 Å². The number of anilines is 1. The van der Waals surface area contributed by atoms with Crippen LogP contribution in [0.1, 0.15) is 39.2 Å². The molecule has 1 amide bonds. The van der Waals surface area contributed by atoms with E-state index in [1.165, 1.54) is 18.2 Å². The van der Waals surface area contributed by atoms with E-state index in [1.807, 2.05) is 0 Å². The van der Waals surface area contributed by atoms with E-state index < -0.39 is 23.1 Å². The fraction of sp³-hybridized carbons (Fsp3) is 0.467. The largest absolute Gasteiger partial charge is 0.508 e. The molecule has 114 valence electrons. The standard InChI is InChI=1S/C15H19NO5/c1-14(2,3)21-13(20)16-9-4-5-11(17)10(8-9)15(6-7-15)12(18)19/h4-5,8,17H,6-7H2,1-3H3,(H,16,20)(H,18,19). The molecular weight excluding hydrogens is 274 g/mol. The molecule has 1 aromatic rings. The molecule has 0 bridgehead atoms. The first-order valence-electron chi connectivity index (χ1n) is 6.71. The van der Waals surface area contributed by atoms with Crippen LogP contribution in [-0.4, -0.2) is 27.9 Å². The Balaban J connectivity index is 2.20. The third-order valence-corrected chi connectivity index (χ3v) is 3.32. The molecular formula is C15H19NO5. The summed E-state index contributed by atoms with van der Waals surface area (Å²) in [7, 11) is 0. The molecule has 0 atom stereocenters. The molecule has 2 rings (SSSR count). The number of carbonyl (C=O) groups excluding carboxylic acids is 1. The number of nitrogens with one attached hydrogen (secondary N) is 1. The lowest BCUT2D eigenvalue weighted by atomic mass is 9.94. The van der Waals surface area contributed by atoms with Crippen LogP contribution in [0.4, 0.5) is 10.5 Å². The van der Waals surface area contributed by atoms with Crippen molar-refractivity contribution in [3.63, 3.8) is 0 Å². The number of phenols is 1. The summed E-state index contributed by atoms with van der Waals surface area (Å²) in [5.41, 5.74) is -0.939. The van der Waals surface area contributed by atoms with Crippen molar-refractivity contribution in [3.8, 4) is 5.75 Å². The molecule has 0 spiro atoms. The molecule has 1 fully saturated rings. The van der Waals surface area contributed by atoms with Gasteiger partial charge in [0.2, 0.25) is 0 Å². The van der Waals surface area contributed by atoms with Crippen LogP contribution >= 0.6 is 0 Å².